The molecule has 0 radical (unpaired) electrons. The Labute approximate surface area is 120 Å². The number of hydrogen-bond donors (Lipinski definition) is 2. The van der Waals surface area contributed by atoms with E-state index < -0.39 is 5.97 Å². The van der Waals surface area contributed by atoms with E-state index in [2.05, 4.69) is 10.3 Å². The number of pyridine rings is 1. The number of carbonyl (C=O) groups is 1. The Hall–Kier alpha value is -1.78. The standard InChI is InChI=1S/C13H10Cl2N2O2/c1-7-2-3-8(6-10(7)14)16-12-9(13(18)19)4-5-11(15)17-12/h2-6H,1H3,(H,16,17)(H,18,19). The highest BCUT2D eigenvalue weighted by Gasteiger charge is 2.12. The molecule has 6 heteroatoms. The number of aryl methyl sites for hydroxylation is 1. The SMILES string of the molecule is Cc1ccc(Nc2nc(Cl)ccc2C(=O)O)cc1Cl. The second-order valence-corrected chi connectivity index (χ2v) is 4.72. The van der Waals surface area contributed by atoms with Gasteiger partial charge in [0, 0.05) is 10.7 Å². The third-order valence-electron chi connectivity index (χ3n) is 2.53. The topological polar surface area (TPSA) is 62.2 Å². The maximum Gasteiger partial charge on any atom is 0.339 e. The summed E-state index contributed by atoms with van der Waals surface area (Å²) in [7, 11) is 0. The minimum absolute atomic E-state index is 0.0427. The van der Waals surface area contributed by atoms with E-state index in [1.54, 1.807) is 12.1 Å². The molecule has 0 bridgehead atoms. The number of rotatable bonds is 3. The third kappa shape index (κ3) is 3.16. The highest BCUT2D eigenvalue weighted by atomic mass is 35.5. The molecule has 0 fully saturated rings. The first-order valence-electron chi connectivity index (χ1n) is 5.40. The third-order valence-corrected chi connectivity index (χ3v) is 3.14. The average Bonchev–Trinajstić information content (AvgIpc) is 2.33. The minimum atomic E-state index is -1.08. The fourth-order valence-electron chi connectivity index (χ4n) is 1.51. The van der Waals surface area contributed by atoms with Gasteiger partial charge in [-0.2, -0.15) is 0 Å². The Morgan fingerprint density at radius 2 is 2.00 bits per heavy atom. The van der Waals surface area contributed by atoms with Gasteiger partial charge in [-0.05, 0) is 36.8 Å². The number of carboxylic acids is 1. The Bertz CT molecular complexity index is 645. The number of aromatic nitrogens is 1. The summed E-state index contributed by atoms with van der Waals surface area (Å²) in [5.74, 6) is -0.898. The Kier molecular flexibility index (Phi) is 3.93. The van der Waals surface area contributed by atoms with Crippen LogP contribution in [0.25, 0.3) is 0 Å². The molecule has 1 aromatic heterocycles. The molecule has 0 aliphatic heterocycles. The molecule has 0 spiro atoms. The van der Waals surface area contributed by atoms with E-state index in [1.807, 2.05) is 13.0 Å². The van der Waals surface area contributed by atoms with Gasteiger partial charge < -0.3 is 10.4 Å². The summed E-state index contributed by atoms with van der Waals surface area (Å²) in [4.78, 5) is 15.1. The largest absolute Gasteiger partial charge is 0.478 e. The molecule has 4 nitrogen and oxygen atoms in total. The molecule has 2 rings (SSSR count). The lowest BCUT2D eigenvalue weighted by molar-refractivity contribution is 0.0697. The number of nitrogens with one attached hydrogen (secondary N) is 1. The smallest absolute Gasteiger partial charge is 0.339 e. The van der Waals surface area contributed by atoms with Gasteiger partial charge in [0.15, 0.2) is 0 Å². The summed E-state index contributed by atoms with van der Waals surface area (Å²) in [6.07, 6.45) is 0. The number of benzene rings is 1. The van der Waals surface area contributed by atoms with E-state index in [0.717, 1.165) is 5.56 Å². The zero-order valence-corrected chi connectivity index (χ0v) is 11.5. The van der Waals surface area contributed by atoms with Crippen LogP contribution in [-0.4, -0.2) is 16.1 Å². The van der Waals surface area contributed by atoms with Gasteiger partial charge in [0.1, 0.15) is 16.5 Å². The first-order chi connectivity index (χ1) is 8.97. The van der Waals surface area contributed by atoms with Gasteiger partial charge in [-0.3, -0.25) is 0 Å². The van der Waals surface area contributed by atoms with Crippen LogP contribution in [0.4, 0.5) is 11.5 Å². The first kappa shape index (κ1) is 13.6. The van der Waals surface area contributed by atoms with Gasteiger partial charge in [-0.1, -0.05) is 29.3 Å². The molecule has 98 valence electrons. The van der Waals surface area contributed by atoms with Crippen molar-refractivity contribution in [2.75, 3.05) is 5.32 Å². The number of anilines is 2. The van der Waals surface area contributed by atoms with Crippen LogP contribution in [0, 0.1) is 6.92 Å². The Balaban J connectivity index is 2.39. The van der Waals surface area contributed by atoms with Crippen molar-refractivity contribution in [1.29, 1.82) is 0 Å². The molecule has 0 unspecified atom stereocenters. The molecule has 1 heterocycles. The van der Waals surface area contributed by atoms with E-state index in [4.69, 9.17) is 28.3 Å². The first-order valence-corrected chi connectivity index (χ1v) is 6.16. The molecule has 0 aliphatic rings. The zero-order valence-electron chi connectivity index (χ0n) is 9.95. The molecular formula is C13H10Cl2N2O2. The van der Waals surface area contributed by atoms with Crippen molar-refractivity contribution < 1.29 is 9.90 Å². The van der Waals surface area contributed by atoms with Crippen LogP contribution in [0.15, 0.2) is 30.3 Å². The van der Waals surface area contributed by atoms with Crippen LogP contribution in [0.3, 0.4) is 0 Å². The van der Waals surface area contributed by atoms with Gasteiger partial charge in [0.05, 0.1) is 0 Å². The summed E-state index contributed by atoms with van der Waals surface area (Å²) >= 11 is 11.8. The van der Waals surface area contributed by atoms with E-state index >= 15 is 0 Å². The number of nitrogens with zero attached hydrogens (tertiary/aromatic N) is 1. The van der Waals surface area contributed by atoms with Crippen molar-refractivity contribution in [3.05, 3.63) is 51.6 Å². The van der Waals surface area contributed by atoms with Crippen molar-refractivity contribution in [2.45, 2.75) is 6.92 Å². The van der Waals surface area contributed by atoms with Crippen LogP contribution < -0.4 is 5.32 Å². The number of hydrogen-bond acceptors (Lipinski definition) is 3. The monoisotopic (exact) mass is 296 g/mol. The van der Waals surface area contributed by atoms with Crippen molar-refractivity contribution in [2.24, 2.45) is 0 Å². The minimum Gasteiger partial charge on any atom is -0.478 e. The highest BCUT2D eigenvalue weighted by molar-refractivity contribution is 6.31. The van der Waals surface area contributed by atoms with Crippen molar-refractivity contribution in [1.82, 2.24) is 4.98 Å². The summed E-state index contributed by atoms with van der Waals surface area (Å²) in [6.45, 7) is 1.88. The van der Waals surface area contributed by atoms with Crippen LogP contribution in [0.5, 0.6) is 0 Å². The summed E-state index contributed by atoms with van der Waals surface area (Å²) in [5, 5.41) is 12.8. The van der Waals surface area contributed by atoms with E-state index in [-0.39, 0.29) is 16.5 Å². The predicted molar refractivity (Wildman–Crippen MR) is 75.7 cm³/mol. The van der Waals surface area contributed by atoms with Gasteiger partial charge in [-0.25, -0.2) is 9.78 Å². The van der Waals surface area contributed by atoms with Crippen molar-refractivity contribution >= 4 is 40.7 Å². The van der Waals surface area contributed by atoms with Gasteiger partial charge in [0.25, 0.3) is 0 Å². The zero-order chi connectivity index (χ0) is 14.0. The number of aromatic carboxylic acids is 1. The lowest BCUT2D eigenvalue weighted by Crippen LogP contribution is -2.05. The molecule has 0 saturated heterocycles. The molecule has 0 aliphatic carbocycles. The number of halogens is 2. The molecule has 0 amide bonds. The molecule has 1 aromatic carbocycles. The highest BCUT2D eigenvalue weighted by Crippen LogP contribution is 2.25. The van der Waals surface area contributed by atoms with Crippen LogP contribution in [0.2, 0.25) is 10.2 Å². The van der Waals surface area contributed by atoms with Crippen molar-refractivity contribution in [3.8, 4) is 0 Å². The van der Waals surface area contributed by atoms with Crippen LogP contribution >= 0.6 is 23.2 Å². The normalized spacial score (nSPS) is 10.3. The van der Waals surface area contributed by atoms with Gasteiger partial charge >= 0.3 is 5.97 Å². The van der Waals surface area contributed by atoms with Crippen LogP contribution in [0.1, 0.15) is 15.9 Å². The van der Waals surface area contributed by atoms with Gasteiger partial charge in [0.2, 0.25) is 0 Å². The maximum atomic E-state index is 11.1. The second kappa shape index (κ2) is 5.47. The van der Waals surface area contributed by atoms with Gasteiger partial charge in [-0.15, -0.1) is 0 Å². The summed E-state index contributed by atoms with van der Waals surface area (Å²) < 4.78 is 0. The number of carboxylic acid groups (broad SMARTS) is 1. The molecule has 2 aromatic rings. The Morgan fingerprint density at radius 1 is 1.26 bits per heavy atom. The maximum absolute atomic E-state index is 11.1. The molecule has 0 saturated carbocycles. The lowest BCUT2D eigenvalue weighted by atomic mass is 10.2. The van der Waals surface area contributed by atoms with E-state index in [9.17, 15) is 4.79 Å². The lowest BCUT2D eigenvalue weighted by Gasteiger charge is -2.10. The van der Waals surface area contributed by atoms with Crippen LogP contribution in [-0.2, 0) is 0 Å². The predicted octanol–water partition coefficient (Wildman–Crippen LogP) is 4.14. The molecule has 0 atom stereocenters. The van der Waals surface area contributed by atoms with Crippen molar-refractivity contribution in [3.63, 3.8) is 0 Å². The molecule has 2 N–H and O–H groups in total. The fraction of sp³-hybridized carbons (Fsp3) is 0.0769. The van der Waals surface area contributed by atoms with E-state index in [0.29, 0.717) is 10.7 Å². The Morgan fingerprint density at radius 3 is 2.63 bits per heavy atom. The van der Waals surface area contributed by atoms with E-state index in [1.165, 1.54) is 12.1 Å². The quantitative estimate of drug-likeness (QED) is 0.836. The summed E-state index contributed by atoms with van der Waals surface area (Å²) in [5.41, 5.74) is 1.62. The fourth-order valence-corrected chi connectivity index (χ4v) is 1.84. The summed E-state index contributed by atoms with van der Waals surface area (Å²) in [6, 6.07) is 8.14. The second-order valence-electron chi connectivity index (χ2n) is 3.92. The molecular weight excluding hydrogens is 287 g/mol. The molecule has 19 heavy (non-hydrogen) atoms. The average molecular weight is 297 g/mol.